The van der Waals surface area contributed by atoms with Crippen LogP contribution in [0.25, 0.3) is 0 Å². The van der Waals surface area contributed by atoms with Gasteiger partial charge in [0, 0.05) is 17.7 Å². The second-order valence-corrected chi connectivity index (χ2v) is 4.90. The summed E-state index contributed by atoms with van der Waals surface area (Å²) in [5, 5.41) is 0.410. The zero-order valence-electron chi connectivity index (χ0n) is 8.05. The maximum Gasteiger partial charge on any atom is 0.267 e. The molecule has 6 heteroatoms. The SMILES string of the molecule is COC(CS(=O)(=O)O)c1ccccc1Cl. The zero-order chi connectivity index (χ0) is 11.5. The van der Waals surface area contributed by atoms with Crippen molar-refractivity contribution < 1.29 is 17.7 Å². The number of ether oxygens (including phenoxy) is 1. The summed E-state index contributed by atoms with van der Waals surface area (Å²) in [6, 6.07) is 6.73. The summed E-state index contributed by atoms with van der Waals surface area (Å²) in [6.45, 7) is 0. The van der Waals surface area contributed by atoms with Crippen LogP contribution in [0.1, 0.15) is 11.7 Å². The number of hydrogen-bond donors (Lipinski definition) is 1. The van der Waals surface area contributed by atoms with Crippen LogP contribution in [0.15, 0.2) is 24.3 Å². The zero-order valence-corrected chi connectivity index (χ0v) is 9.62. The molecule has 1 N–H and O–H groups in total. The Labute approximate surface area is 93.6 Å². The Balaban J connectivity index is 2.98. The molecule has 0 fully saturated rings. The third-order valence-corrected chi connectivity index (χ3v) is 2.97. The smallest absolute Gasteiger partial charge is 0.267 e. The van der Waals surface area contributed by atoms with E-state index < -0.39 is 22.0 Å². The Bertz CT molecular complexity index is 429. The van der Waals surface area contributed by atoms with Crippen LogP contribution in [0.2, 0.25) is 5.02 Å². The highest BCUT2D eigenvalue weighted by Crippen LogP contribution is 2.25. The Hall–Kier alpha value is -0.620. The Kier molecular flexibility index (Phi) is 4.10. The number of methoxy groups -OCH3 is 1. The van der Waals surface area contributed by atoms with Gasteiger partial charge in [-0.2, -0.15) is 8.42 Å². The first-order chi connectivity index (χ1) is 6.94. The fraction of sp³-hybridized carbons (Fsp3) is 0.333. The van der Waals surface area contributed by atoms with Crippen molar-refractivity contribution in [3.8, 4) is 0 Å². The first-order valence-corrected chi connectivity index (χ1v) is 6.15. The highest BCUT2D eigenvalue weighted by atomic mass is 35.5. The van der Waals surface area contributed by atoms with Gasteiger partial charge >= 0.3 is 0 Å². The molecule has 1 rings (SSSR count). The van der Waals surface area contributed by atoms with Gasteiger partial charge in [0.25, 0.3) is 10.1 Å². The molecule has 0 bridgehead atoms. The molecule has 84 valence electrons. The van der Waals surface area contributed by atoms with Crippen molar-refractivity contribution >= 4 is 21.7 Å². The van der Waals surface area contributed by atoms with Crippen LogP contribution in [0.5, 0.6) is 0 Å². The maximum absolute atomic E-state index is 10.7. The molecule has 15 heavy (non-hydrogen) atoms. The molecule has 0 aliphatic carbocycles. The van der Waals surface area contributed by atoms with Crippen molar-refractivity contribution in [2.24, 2.45) is 0 Å². The van der Waals surface area contributed by atoms with Gasteiger partial charge in [-0.15, -0.1) is 0 Å². The predicted octanol–water partition coefficient (Wildman–Crippen LogP) is 1.92. The third-order valence-electron chi connectivity index (χ3n) is 1.90. The van der Waals surface area contributed by atoms with E-state index in [0.29, 0.717) is 10.6 Å². The van der Waals surface area contributed by atoms with Gasteiger partial charge in [-0.3, -0.25) is 4.55 Å². The predicted molar refractivity (Wildman–Crippen MR) is 57.6 cm³/mol. The molecule has 0 amide bonds. The molecule has 1 atom stereocenters. The molecule has 0 aromatic heterocycles. The van der Waals surface area contributed by atoms with E-state index in [-0.39, 0.29) is 0 Å². The fourth-order valence-electron chi connectivity index (χ4n) is 1.21. The van der Waals surface area contributed by atoms with Crippen molar-refractivity contribution in [1.29, 1.82) is 0 Å². The monoisotopic (exact) mass is 250 g/mol. The molecule has 0 aliphatic heterocycles. The fourth-order valence-corrected chi connectivity index (χ4v) is 2.17. The quantitative estimate of drug-likeness (QED) is 0.830. The number of hydrogen-bond acceptors (Lipinski definition) is 3. The van der Waals surface area contributed by atoms with E-state index in [0.717, 1.165) is 0 Å². The van der Waals surface area contributed by atoms with Gasteiger partial charge in [0.05, 0.1) is 6.10 Å². The molecule has 0 saturated heterocycles. The van der Waals surface area contributed by atoms with E-state index >= 15 is 0 Å². The summed E-state index contributed by atoms with van der Waals surface area (Å²) in [5.74, 6) is -0.507. The first kappa shape index (κ1) is 12.4. The highest BCUT2D eigenvalue weighted by molar-refractivity contribution is 7.85. The second-order valence-electron chi connectivity index (χ2n) is 2.99. The summed E-state index contributed by atoms with van der Waals surface area (Å²) in [7, 11) is -2.72. The van der Waals surface area contributed by atoms with E-state index in [1.807, 2.05) is 0 Å². The summed E-state index contributed by atoms with van der Waals surface area (Å²) < 4.78 is 35.1. The van der Waals surface area contributed by atoms with Crippen LogP contribution < -0.4 is 0 Å². The molecule has 1 aromatic carbocycles. The highest BCUT2D eigenvalue weighted by Gasteiger charge is 2.20. The Morgan fingerprint density at radius 3 is 2.53 bits per heavy atom. The van der Waals surface area contributed by atoms with Gasteiger partial charge in [0.1, 0.15) is 5.75 Å². The van der Waals surface area contributed by atoms with E-state index in [4.69, 9.17) is 20.9 Å². The van der Waals surface area contributed by atoms with Gasteiger partial charge in [-0.25, -0.2) is 0 Å². The lowest BCUT2D eigenvalue weighted by atomic mass is 10.1. The molecule has 1 unspecified atom stereocenters. The molecule has 0 heterocycles. The van der Waals surface area contributed by atoms with Gasteiger partial charge in [-0.05, 0) is 6.07 Å². The van der Waals surface area contributed by atoms with E-state index in [1.165, 1.54) is 7.11 Å². The number of rotatable bonds is 4. The molecule has 0 aliphatic rings. The van der Waals surface area contributed by atoms with Crippen molar-refractivity contribution in [3.05, 3.63) is 34.9 Å². The van der Waals surface area contributed by atoms with Crippen LogP contribution in [0.3, 0.4) is 0 Å². The molecular formula is C9H11ClO4S. The van der Waals surface area contributed by atoms with Gasteiger partial charge in [-0.1, -0.05) is 29.8 Å². The lowest BCUT2D eigenvalue weighted by Crippen LogP contribution is -2.15. The molecule has 0 spiro atoms. The molecule has 1 aromatic rings. The lowest BCUT2D eigenvalue weighted by molar-refractivity contribution is 0.120. The van der Waals surface area contributed by atoms with Crippen molar-refractivity contribution in [3.63, 3.8) is 0 Å². The van der Waals surface area contributed by atoms with Gasteiger partial charge in [0.15, 0.2) is 0 Å². The first-order valence-electron chi connectivity index (χ1n) is 4.16. The summed E-state index contributed by atoms with van der Waals surface area (Å²) in [6.07, 6.45) is -0.756. The largest absolute Gasteiger partial charge is 0.376 e. The molecule has 0 saturated carbocycles. The number of benzene rings is 1. The van der Waals surface area contributed by atoms with Crippen LogP contribution >= 0.6 is 11.6 Å². The second kappa shape index (κ2) is 4.94. The average Bonchev–Trinajstić information content (AvgIpc) is 2.14. The standard InChI is InChI=1S/C9H11ClO4S/c1-14-9(6-15(11,12)13)7-4-2-3-5-8(7)10/h2-5,9H,6H2,1H3,(H,11,12,13). The molecule has 0 radical (unpaired) electrons. The molecule has 4 nitrogen and oxygen atoms in total. The van der Waals surface area contributed by atoms with Crippen molar-refractivity contribution in [2.75, 3.05) is 12.9 Å². The van der Waals surface area contributed by atoms with Crippen molar-refractivity contribution in [2.45, 2.75) is 6.10 Å². The maximum atomic E-state index is 10.7. The minimum Gasteiger partial charge on any atom is -0.376 e. The number of halogens is 1. The Morgan fingerprint density at radius 2 is 2.07 bits per heavy atom. The van der Waals surface area contributed by atoms with Gasteiger partial charge < -0.3 is 4.74 Å². The van der Waals surface area contributed by atoms with E-state index in [1.54, 1.807) is 24.3 Å². The average molecular weight is 251 g/mol. The van der Waals surface area contributed by atoms with E-state index in [9.17, 15) is 8.42 Å². The van der Waals surface area contributed by atoms with Crippen LogP contribution in [0.4, 0.5) is 0 Å². The minimum absolute atomic E-state index is 0.410. The van der Waals surface area contributed by atoms with Crippen LogP contribution in [-0.4, -0.2) is 25.8 Å². The van der Waals surface area contributed by atoms with Gasteiger partial charge in [0.2, 0.25) is 0 Å². The van der Waals surface area contributed by atoms with Crippen molar-refractivity contribution in [1.82, 2.24) is 0 Å². The summed E-state index contributed by atoms with van der Waals surface area (Å²) in [5.41, 5.74) is 0.541. The summed E-state index contributed by atoms with van der Waals surface area (Å²) >= 11 is 5.87. The normalized spacial score (nSPS) is 13.8. The topological polar surface area (TPSA) is 63.6 Å². The van der Waals surface area contributed by atoms with Crippen LogP contribution in [-0.2, 0) is 14.9 Å². The third kappa shape index (κ3) is 3.79. The van der Waals surface area contributed by atoms with Crippen LogP contribution in [0, 0.1) is 0 Å². The van der Waals surface area contributed by atoms with E-state index in [2.05, 4.69) is 0 Å². The Morgan fingerprint density at radius 1 is 1.47 bits per heavy atom. The summed E-state index contributed by atoms with van der Waals surface area (Å²) in [4.78, 5) is 0. The lowest BCUT2D eigenvalue weighted by Gasteiger charge is -2.15. The molecular weight excluding hydrogens is 240 g/mol. The minimum atomic E-state index is -4.08.